The Kier molecular flexibility index (Phi) is 5.10. The van der Waals surface area contributed by atoms with Crippen molar-refractivity contribution in [2.75, 3.05) is 24.5 Å². The molecule has 0 radical (unpaired) electrons. The van der Waals surface area contributed by atoms with Crippen LogP contribution in [-0.2, 0) is 0 Å². The number of ether oxygens (including phenoxy) is 2. The maximum atomic E-state index is 5.52. The second-order valence-corrected chi connectivity index (χ2v) is 4.11. The minimum Gasteiger partial charge on any atom is -0.494 e. The molecular weight excluding hydrogens is 272 g/mol. The van der Waals surface area contributed by atoms with E-state index in [4.69, 9.17) is 15.3 Å². The third kappa shape index (κ3) is 4.18. The summed E-state index contributed by atoms with van der Waals surface area (Å²) in [5, 5.41) is 3.04. The fourth-order valence-corrected chi connectivity index (χ4v) is 1.55. The van der Waals surface area contributed by atoms with E-state index >= 15 is 0 Å². The molecule has 1 aromatic heterocycles. The second kappa shape index (κ2) is 7.25. The molecule has 0 amide bonds. The molecule has 2 aromatic rings. The van der Waals surface area contributed by atoms with Crippen LogP contribution in [-0.4, -0.2) is 28.7 Å². The molecule has 0 atom stereocenters. The summed E-state index contributed by atoms with van der Waals surface area (Å²) in [6.07, 6.45) is 0.972. The van der Waals surface area contributed by atoms with Gasteiger partial charge in [-0.05, 0) is 30.7 Å². The SMILES string of the molecule is CCCOc1ccc(Nc2nc(NN)nc(OC)n2)cc1. The first-order chi connectivity index (χ1) is 10.2. The molecular formula is C13H18N6O2. The molecule has 4 N–H and O–H groups in total. The van der Waals surface area contributed by atoms with Gasteiger partial charge in [0.15, 0.2) is 0 Å². The summed E-state index contributed by atoms with van der Waals surface area (Å²) in [5.74, 6) is 6.66. The first kappa shape index (κ1) is 14.8. The highest BCUT2D eigenvalue weighted by molar-refractivity contribution is 5.55. The van der Waals surface area contributed by atoms with Crippen LogP contribution >= 0.6 is 0 Å². The number of hydrazine groups is 1. The molecule has 112 valence electrons. The topological polar surface area (TPSA) is 107 Å². The molecule has 0 aliphatic carbocycles. The van der Waals surface area contributed by atoms with Crippen LogP contribution in [0.1, 0.15) is 13.3 Å². The maximum Gasteiger partial charge on any atom is 0.322 e. The van der Waals surface area contributed by atoms with Crippen LogP contribution in [0.4, 0.5) is 17.6 Å². The fourth-order valence-electron chi connectivity index (χ4n) is 1.55. The minimum atomic E-state index is 0.170. The predicted octanol–water partition coefficient (Wildman–Crippen LogP) is 1.70. The summed E-state index contributed by atoms with van der Waals surface area (Å²) >= 11 is 0. The first-order valence-electron chi connectivity index (χ1n) is 6.51. The molecule has 21 heavy (non-hydrogen) atoms. The van der Waals surface area contributed by atoms with Crippen molar-refractivity contribution in [2.45, 2.75) is 13.3 Å². The molecule has 0 saturated carbocycles. The van der Waals surface area contributed by atoms with E-state index in [0.29, 0.717) is 12.6 Å². The number of nitrogens with zero attached hydrogens (tertiary/aromatic N) is 3. The lowest BCUT2D eigenvalue weighted by molar-refractivity contribution is 0.317. The van der Waals surface area contributed by atoms with Crippen LogP contribution in [0.25, 0.3) is 0 Å². The molecule has 0 bridgehead atoms. The Bertz CT molecular complexity index is 553. The van der Waals surface area contributed by atoms with Crippen molar-refractivity contribution in [2.24, 2.45) is 5.84 Å². The van der Waals surface area contributed by atoms with Gasteiger partial charge in [-0.3, -0.25) is 5.43 Å². The molecule has 0 fully saturated rings. The van der Waals surface area contributed by atoms with Crippen LogP contribution in [0.2, 0.25) is 0 Å². The first-order valence-corrected chi connectivity index (χ1v) is 6.51. The Morgan fingerprint density at radius 3 is 2.43 bits per heavy atom. The monoisotopic (exact) mass is 290 g/mol. The van der Waals surface area contributed by atoms with E-state index in [9.17, 15) is 0 Å². The minimum absolute atomic E-state index is 0.170. The zero-order valence-electron chi connectivity index (χ0n) is 12.0. The fraction of sp³-hybridized carbons (Fsp3) is 0.308. The lowest BCUT2D eigenvalue weighted by Crippen LogP contribution is -2.13. The highest BCUT2D eigenvalue weighted by atomic mass is 16.5. The molecule has 0 aliphatic heterocycles. The third-order valence-electron chi connectivity index (χ3n) is 2.51. The molecule has 0 aliphatic rings. The maximum absolute atomic E-state index is 5.52. The van der Waals surface area contributed by atoms with E-state index in [0.717, 1.165) is 17.9 Å². The number of anilines is 3. The standard InChI is InChI=1S/C13H18N6O2/c1-3-8-21-10-6-4-9(5-7-10)15-11-16-12(19-14)18-13(17-11)20-2/h4-7H,3,8,14H2,1-2H3,(H2,15,16,17,18,19). The molecule has 2 rings (SSSR count). The van der Waals surface area contributed by atoms with Gasteiger partial charge in [0.2, 0.25) is 11.9 Å². The number of nitrogens with one attached hydrogen (secondary N) is 2. The lowest BCUT2D eigenvalue weighted by Gasteiger charge is -2.09. The molecule has 0 unspecified atom stereocenters. The molecule has 0 spiro atoms. The quantitative estimate of drug-likeness (QED) is 0.522. The van der Waals surface area contributed by atoms with E-state index in [1.54, 1.807) is 0 Å². The highest BCUT2D eigenvalue weighted by Crippen LogP contribution is 2.19. The number of rotatable bonds is 7. The van der Waals surface area contributed by atoms with E-state index in [2.05, 4.69) is 32.6 Å². The highest BCUT2D eigenvalue weighted by Gasteiger charge is 2.06. The van der Waals surface area contributed by atoms with E-state index in [1.165, 1.54) is 7.11 Å². The van der Waals surface area contributed by atoms with E-state index in [1.807, 2.05) is 24.3 Å². The molecule has 8 heteroatoms. The van der Waals surface area contributed by atoms with Crippen molar-refractivity contribution in [3.63, 3.8) is 0 Å². The zero-order chi connectivity index (χ0) is 15.1. The Hall–Kier alpha value is -2.61. The molecule has 1 aromatic carbocycles. The van der Waals surface area contributed by atoms with E-state index < -0.39 is 0 Å². The lowest BCUT2D eigenvalue weighted by atomic mass is 10.3. The normalized spacial score (nSPS) is 10.0. The Morgan fingerprint density at radius 2 is 1.81 bits per heavy atom. The van der Waals surface area contributed by atoms with Crippen LogP contribution in [0, 0.1) is 0 Å². The predicted molar refractivity (Wildman–Crippen MR) is 79.7 cm³/mol. The number of methoxy groups -OCH3 is 1. The van der Waals surface area contributed by atoms with Crippen LogP contribution in [0.15, 0.2) is 24.3 Å². The van der Waals surface area contributed by atoms with Gasteiger partial charge >= 0.3 is 6.01 Å². The van der Waals surface area contributed by atoms with Crippen LogP contribution in [0.5, 0.6) is 11.8 Å². The van der Waals surface area contributed by atoms with Crippen molar-refractivity contribution in [3.05, 3.63) is 24.3 Å². The van der Waals surface area contributed by atoms with Gasteiger partial charge in [0, 0.05) is 5.69 Å². The zero-order valence-corrected chi connectivity index (χ0v) is 12.0. The Morgan fingerprint density at radius 1 is 1.10 bits per heavy atom. The number of nitrogens with two attached hydrogens (primary N) is 1. The van der Waals surface area contributed by atoms with Gasteiger partial charge in [-0.15, -0.1) is 0 Å². The van der Waals surface area contributed by atoms with Crippen molar-refractivity contribution in [1.82, 2.24) is 15.0 Å². The van der Waals surface area contributed by atoms with Crippen LogP contribution in [0.3, 0.4) is 0 Å². The van der Waals surface area contributed by atoms with Crippen molar-refractivity contribution in [1.29, 1.82) is 0 Å². The summed E-state index contributed by atoms with van der Waals surface area (Å²) < 4.78 is 10.5. The van der Waals surface area contributed by atoms with Crippen LogP contribution < -0.4 is 26.1 Å². The van der Waals surface area contributed by atoms with Gasteiger partial charge in [-0.1, -0.05) is 6.92 Å². The summed E-state index contributed by atoms with van der Waals surface area (Å²) in [6, 6.07) is 7.66. The van der Waals surface area contributed by atoms with Crippen molar-refractivity contribution >= 4 is 17.6 Å². The van der Waals surface area contributed by atoms with Gasteiger partial charge in [0.1, 0.15) is 5.75 Å². The smallest absolute Gasteiger partial charge is 0.322 e. The Balaban J connectivity index is 2.10. The van der Waals surface area contributed by atoms with Gasteiger partial charge in [0.25, 0.3) is 0 Å². The summed E-state index contributed by atoms with van der Waals surface area (Å²) in [5.41, 5.74) is 3.17. The number of nitrogen functional groups attached to an aromatic ring is 1. The van der Waals surface area contributed by atoms with Gasteiger partial charge in [-0.2, -0.15) is 15.0 Å². The van der Waals surface area contributed by atoms with Gasteiger partial charge in [0.05, 0.1) is 13.7 Å². The Labute approximate surface area is 122 Å². The number of hydrogen-bond acceptors (Lipinski definition) is 8. The molecule has 1 heterocycles. The summed E-state index contributed by atoms with van der Waals surface area (Å²) in [4.78, 5) is 12.1. The summed E-state index contributed by atoms with van der Waals surface area (Å²) in [7, 11) is 1.47. The largest absolute Gasteiger partial charge is 0.494 e. The molecule has 8 nitrogen and oxygen atoms in total. The number of benzene rings is 1. The van der Waals surface area contributed by atoms with Crippen molar-refractivity contribution in [3.8, 4) is 11.8 Å². The summed E-state index contributed by atoms with van der Waals surface area (Å²) in [6.45, 7) is 2.76. The van der Waals surface area contributed by atoms with E-state index in [-0.39, 0.29) is 12.0 Å². The third-order valence-corrected chi connectivity index (χ3v) is 2.51. The van der Waals surface area contributed by atoms with Crippen molar-refractivity contribution < 1.29 is 9.47 Å². The average Bonchev–Trinajstić information content (AvgIpc) is 2.53. The second-order valence-electron chi connectivity index (χ2n) is 4.11. The van der Waals surface area contributed by atoms with Gasteiger partial charge in [-0.25, -0.2) is 5.84 Å². The molecule has 0 saturated heterocycles. The number of hydrogen-bond donors (Lipinski definition) is 3. The average molecular weight is 290 g/mol. The van der Waals surface area contributed by atoms with Gasteiger partial charge < -0.3 is 14.8 Å². The number of aromatic nitrogens is 3.